The molecule has 2 aromatic carbocycles. The Balaban J connectivity index is 0.00000280. The van der Waals surface area contributed by atoms with Crippen molar-refractivity contribution in [3.63, 3.8) is 0 Å². The van der Waals surface area contributed by atoms with Crippen molar-refractivity contribution in [2.75, 3.05) is 11.9 Å². The van der Waals surface area contributed by atoms with Crippen LogP contribution in [0.3, 0.4) is 0 Å². The third kappa shape index (κ3) is 6.39. The van der Waals surface area contributed by atoms with Crippen LogP contribution in [0, 0.1) is 5.92 Å². The molecule has 2 atom stereocenters. The Hall–Kier alpha value is -1.77. The van der Waals surface area contributed by atoms with Crippen molar-refractivity contribution in [1.29, 1.82) is 0 Å². The van der Waals surface area contributed by atoms with Gasteiger partial charge in [0.1, 0.15) is 0 Å². The van der Waals surface area contributed by atoms with E-state index in [0.29, 0.717) is 5.92 Å². The normalized spacial score (nSPS) is 21.5. The van der Waals surface area contributed by atoms with Crippen molar-refractivity contribution >= 4 is 18.1 Å². The number of aryl methyl sites for hydroxylation is 1. The number of hydrogen-bond donors (Lipinski definition) is 2. The van der Waals surface area contributed by atoms with Gasteiger partial charge >= 0.3 is 0 Å². The van der Waals surface area contributed by atoms with Crippen LogP contribution in [-0.4, -0.2) is 17.3 Å². The van der Waals surface area contributed by atoms with Gasteiger partial charge < -0.3 is 10.4 Å². The first-order valence-electron chi connectivity index (χ1n) is 10.4. The zero-order valence-corrected chi connectivity index (χ0v) is 17.6. The lowest BCUT2D eigenvalue weighted by molar-refractivity contribution is -0.0545. The summed E-state index contributed by atoms with van der Waals surface area (Å²) in [5.74, 6) is 0.356. The van der Waals surface area contributed by atoms with E-state index in [9.17, 15) is 5.11 Å². The number of hydrogen-bond acceptors (Lipinski definition) is 2. The number of halogens is 1. The fourth-order valence-electron chi connectivity index (χ4n) is 4.28. The topological polar surface area (TPSA) is 32.3 Å². The lowest BCUT2D eigenvalue weighted by Gasteiger charge is -2.40. The van der Waals surface area contributed by atoms with Gasteiger partial charge in [-0.3, -0.25) is 0 Å². The number of aliphatic hydroxyl groups is 1. The van der Waals surface area contributed by atoms with Gasteiger partial charge in [-0.2, -0.15) is 0 Å². The van der Waals surface area contributed by atoms with Gasteiger partial charge in [0.2, 0.25) is 0 Å². The third-order valence-electron chi connectivity index (χ3n) is 5.98. The highest BCUT2D eigenvalue weighted by Gasteiger charge is 2.38. The first-order chi connectivity index (χ1) is 13.2. The van der Waals surface area contributed by atoms with Crippen molar-refractivity contribution in [1.82, 2.24) is 0 Å². The molecule has 0 amide bonds. The fourth-order valence-corrected chi connectivity index (χ4v) is 4.28. The first kappa shape index (κ1) is 22.5. The molecule has 2 nitrogen and oxygen atoms in total. The summed E-state index contributed by atoms with van der Waals surface area (Å²) in [7, 11) is 0. The zero-order valence-electron chi connectivity index (χ0n) is 16.8. The summed E-state index contributed by atoms with van der Waals surface area (Å²) in [6.45, 7) is 4.68. The highest BCUT2D eigenvalue weighted by Crippen LogP contribution is 2.39. The van der Waals surface area contributed by atoms with Crippen LogP contribution < -0.4 is 5.32 Å². The van der Waals surface area contributed by atoms with Gasteiger partial charge in [-0.25, -0.2) is 0 Å². The highest BCUT2D eigenvalue weighted by atomic mass is 35.5. The van der Waals surface area contributed by atoms with Crippen LogP contribution >= 0.6 is 12.4 Å². The fraction of sp³-hybridized carbons (Fsp3) is 0.440. The second-order valence-corrected chi connectivity index (χ2v) is 7.94. The molecule has 0 bridgehead atoms. The van der Waals surface area contributed by atoms with Crippen LogP contribution in [0.2, 0.25) is 0 Å². The van der Waals surface area contributed by atoms with Gasteiger partial charge in [0, 0.05) is 12.2 Å². The molecule has 1 saturated carbocycles. The second-order valence-electron chi connectivity index (χ2n) is 7.94. The molecule has 0 saturated heterocycles. The molecule has 1 aliphatic rings. The van der Waals surface area contributed by atoms with Crippen LogP contribution in [0.15, 0.2) is 67.3 Å². The summed E-state index contributed by atoms with van der Waals surface area (Å²) in [5.41, 5.74) is 3.28. The Bertz CT molecular complexity index is 700. The molecule has 28 heavy (non-hydrogen) atoms. The van der Waals surface area contributed by atoms with Gasteiger partial charge in [0.15, 0.2) is 0 Å². The van der Waals surface area contributed by atoms with E-state index < -0.39 is 5.60 Å². The SMILES string of the molecule is C=CCCNc1ccc(CC2CCCCC2(O)CCc2ccccc2)cc1.Cl. The van der Waals surface area contributed by atoms with Crippen LogP contribution in [0.1, 0.15) is 49.7 Å². The molecule has 2 aromatic rings. The molecule has 1 aliphatic carbocycles. The first-order valence-corrected chi connectivity index (χ1v) is 10.4. The summed E-state index contributed by atoms with van der Waals surface area (Å²) < 4.78 is 0. The minimum atomic E-state index is -0.533. The summed E-state index contributed by atoms with van der Waals surface area (Å²) in [6.07, 6.45) is 10.1. The van der Waals surface area contributed by atoms with Crippen LogP contribution in [0.4, 0.5) is 5.69 Å². The van der Waals surface area contributed by atoms with Gasteiger partial charge in [-0.05, 0) is 67.7 Å². The molecule has 0 aromatic heterocycles. The Kier molecular flexibility index (Phi) is 9.08. The maximum absolute atomic E-state index is 11.4. The van der Waals surface area contributed by atoms with Gasteiger partial charge in [0.05, 0.1) is 5.60 Å². The van der Waals surface area contributed by atoms with Gasteiger partial charge in [0.25, 0.3) is 0 Å². The second kappa shape index (κ2) is 11.3. The van der Waals surface area contributed by atoms with E-state index in [1.165, 1.54) is 17.5 Å². The van der Waals surface area contributed by atoms with Crippen LogP contribution in [-0.2, 0) is 12.8 Å². The molecular weight excluding hydrogens is 366 g/mol. The average Bonchev–Trinajstić information content (AvgIpc) is 2.71. The molecule has 3 rings (SSSR count). The van der Waals surface area contributed by atoms with Crippen LogP contribution in [0.5, 0.6) is 0 Å². The number of rotatable bonds is 9. The van der Waals surface area contributed by atoms with E-state index in [0.717, 1.165) is 57.2 Å². The van der Waals surface area contributed by atoms with Crippen molar-refractivity contribution in [2.45, 2.75) is 57.0 Å². The van der Waals surface area contributed by atoms with E-state index in [2.05, 4.69) is 66.5 Å². The molecule has 2 unspecified atom stereocenters. The maximum Gasteiger partial charge on any atom is 0.0682 e. The minimum absolute atomic E-state index is 0. The van der Waals surface area contributed by atoms with E-state index in [1.54, 1.807) is 0 Å². The lowest BCUT2D eigenvalue weighted by Crippen LogP contribution is -2.42. The maximum atomic E-state index is 11.4. The van der Waals surface area contributed by atoms with Crippen molar-refractivity contribution in [3.05, 3.63) is 78.4 Å². The largest absolute Gasteiger partial charge is 0.390 e. The Morgan fingerprint density at radius 1 is 1.04 bits per heavy atom. The number of anilines is 1. The summed E-state index contributed by atoms with van der Waals surface area (Å²) in [4.78, 5) is 0. The Morgan fingerprint density at radius 2 is 1.79 bits per heavy atom. The molecule has 0 aliphatic heterocycles. The molecular formula is C25H34ClNO. The molecule has 2 N–H and O–H groups in total. The molecule has 0 heterocycles. The van der Waals surface area contributed by atoms with Crippen molar-refractivity contribution in [2.24, 2.45) is 5.92 Å². The van der Waals surface area contributed by atoms with E-state index in [-0.39, 0.29) is 12.4 Å². The van der Waals surface area contributed by atoms with E-state index in [4.69, 9.17) is 0 Å². The highest BCUT2D eigenvalue weighted by molar-refractivity contribution is 5.85. The molecule has 0 spiro atoms. The molecule has 0 radical (unpaired) electrons. The number of nitrogens with one attached hydrogen (secondary N) is 1. The third-order valence-corrected chi connectivity index (χ3v) is 5.98. The number of benzene rings is 2. The summed E-state index contributed by atoms with van der Waals surface area (Å²) >= 11 is 0. The average molecular weight is 400 g/mol. The summed E-state index contributed by atoms with van der Waals surface area (Å²) in [6, 6.07) is 19.3. The van der Waals surface area contributed by atoms with Gasteiger partial charge in [-0.1, -0.05) is 61.4 Å². The summed E-state index contributed by atoms with van der Waals surface area (Å²) in [5, 5.41) is 14.8. The van der Waals surface area contributed by atoms with Gasteiger partial charge in [-0.15, -0.1) is 19.0 Å². The smallest absolute Gasteiger partial charge is 0.0682 e. The predicted molar refractivity (Wildman–Crippen MR) is 122 cm³/mol. The van der Waals surface area contributed by atoms with Crippen molar-refractivity contribution < 1.29 is 5.11 Å². The van der Waals surface area contributed by atoms with E-state index in [1.807, 2.05) is 6.08 Å². The van der Waals surface area contributed by atoms with Crippen LogP contribution in [0.25, 0.3) is 0 Å². The standard InChI is InChI=1S/C25H33NO.ClH/c1-2-3-19-26-24-14-12-22(13-15-24)20-23-11-7-8-17-25(23,27)18-16-21-9-5-4-6-10-21;/h2,4-6,9-10,12-15,23,26-27H,1,3,7-8,11,16-20H2;1H. The van der Waals surface area contributed by atoms with Crippen molar-refractivity contribution in [3.8, 4) is 0 Å². The molecule has 3 heteroatoms. The zero-order chi connectivity index (χ0) is 19.0. The molecule has 1 fully saturated rings. The quantitative estimate of drug-likeness (QED) is 0.389. The van der Waals surface area contributed by atoms with E-state index >= 15 is 0 Å². The lowest BCUT2D eigenvalue weighted by atomic mass is 9.70. The predicted octanol–water partition coefficient (Wildman–Crippen LogP) is 6.19. The Morgan fingerprint density at radius 3 is 2.50 bits per heavy atom. The monoisotopic (exact) mass is 399 g/mol. The Labute approximate surface area is 176 Å². The molecule has 152 valence electrons. The minimum Gasteiger partial charge on any atom is -0.390 e.